The number of fused-ring (bicyclic) bond motifs is 1. The summed E-state index contributed by atoms with van der Waals surface area (Å²) in [6.45, 7) is 0. The van der Waals surface area contributed by atoms with Crippen molar-refractivity contribution in [2.75, 3.05) is 26.6 Å². The molecule has 4 aromatic rings. The number of alkyl halides is 3. The smallest absolute Gasteiger partial charge is 0.416 e. The molecule has 0 unspecified atom stereocenters. The number of benzene rings is 3. The monoisotopic (exact) mass is 527 g/mol. The Kier molecular flexibility index (Phi) is 7.33. The molecule has 0 fully saturated rings. The molecule has 0 atom stereocenters. The number of aromatic nitrogens is 2. The van der Waals surface area contributed by atoms with Crippen LogP contribution in [0.5, 0.6) is 28.9 Å². The van der Waals surface area contributed by atoms with Crippen LogP contribution in [0.3, 0.4) is 0 Å². The largest absolute Gasteiger partial charge is 0.497 e. The highest BCUT2D eigenvalue weighted by molar-refractivity contribution is 6.46. The first-order valence-electron chi connectivity index (χ1n) is 10.9. The van der Waals surface area contributed by atoms with Crippen LogP contribution in [0.1, 0.15) is 15.9 Å². The van der Waals surface area contributed by atoms with Crippen molar-refractivity contribution in [1.29, 1.82) is 0 Å². The molecule has 0 radical (unpaired) electrons. The number of amides is 1. The molecule has 4 rings (SSSR count). The summed E-state index contributed by atoms with van der Waals surface area (Å²) in [7, 11) is 4.18. The summed E-state index contributed by atoms with van der Waals surface area (Å²) in [5, 5.41) is 2.73. The highest BCUT2D eigenvalue weighted by atomic mass is 19.4. The number of rotatable bonds is 8. The SMILES string of the molecule is COc1cc(NC(=O)C(=O)c2ccc(Oc3ncnc4cc(OC)c(OC)cc34)cc2)cc(C(F)(F)F)c1. The molecule has 0 aliphatic heterocycles. The van der Waals surface area contributed by atoms with Crippen LogP contribution in [0.25, 0.3) is 10.9 Å². The Bertz CT molecular complexity index is 1510. The highest BCUT2D eigenvalue weighted by Crippen LogP contribution is 2.36. The van der Waals surface area contributed by atoms with E-state index in [2.05, 4.69) is 15.3 Å². The molecule has 38 heavy (non-hydrogen) atoms. The van der Waals surface area contributed by atoms with E-state index in [1.165, 1.54) is 58.0 Å². The molecule has 1 N–H and O–H groups in total. The van der Waals surface area contributed by atoms with Gasteiger partial charge in [-0.15, -0.1) is 0 Å². The Hall–Kier alpha value is -4.87. The maximum atomic E-state index is 13.1. The topological polar surface area (TPSA) is 109 Å². The Morgan fingerprint density at radius 1 is 0.816 bits per heavy atom. The molecule has 0 aliphatic rings. The lowest BCUT2D eigenvalue weighted by Gasteiger charge is -2.12. The van der Waals surface area contributed by atoms with E-state index in [1.54, 1.807) is 12.1 Å². The fourth-order valence-corrected chi connectivity index (χ4v) is 3.50. The van der Waals surface area contributed by atoms with Gasteiger partial charge in [-0.2, -0.15) is 13.2 Å². The van der Waals surface area contributed by atoms with Crippen LogP contribution in [0, 0.1) is 0 Å². The van der Waals surface area contributed by atoms with Gasteiger partial charge in [0.05, 0.1) is 37.8 Å². The second-order valence-corrected chi connectivity index (χ2v) is 7.76. The quantitative estimate of drug-likeness (QED) is 0.243. The number of carbonyl (C=O) groups excluding carboxylic acids is 2. The maximum absolute atomic E-state index is 13.1. The van der Waals surface area contributed by atoms with Crippen LogP contribution in [0.4, 0.5) is 18.9 Å². The lowest BCUT2D eigenvalue weighted by Crippen LogP contribution is -2.23. The van der Waals surface area contributed by atoms with Crippen molar-refractivity contribution in [2.24, 2.45) is 0 Å². The molecule has 0 saturated heterocycles. The molecule has 196 valence electrons. The molecule has 1 heterocycles. The van der Waals surface area contributed by atoms with Gasteiger partial charge in [-0.05, 0) is 42.5 Å². The van der Waals surface area contributed by atoms with Crippen molar-refractivity contribution in [3.63, 3.8) is 0 Å². The molecule has 12 heteroatoms. The summed E-state index contributed by atoms with van der Waals surface area (Å²) >= 11 is 0. The van der Waals surface area contributed by atoms with Crippen LogP contribution in [-0.2, 0) is 11.0 Å². The third-order valence-corrected chi connectivity index (χ3v) is 5.37. The minimum absolute atomic E-state index is 0.00672. The number of nitrogens with one attached hydrogen (secondary N) is 1. The van der Waals surface area contributed by atoms with Gasteiger partial charge in [0.25, 0.3) is 11.7 Å². The summed E-state index contributed by atoms with van der Waals surface area (Å²) in [5.41, 5.74) is -0.734. The highest BCUT2D eigenvalue weighted by Gasteiger charge is 2.32. The molecule has 1 amide bonds. The summed E-state index contributed by atoms with van der Waals surface area (Å²) in [6, 6.07) is 11.6. The summed E-state index contributed by atoms with van der Waals surface area (Å²) in [4.78, 5) is 33.4. The van der Waals surface area contributed by atoms with Crippen molar-refractivity contribution in [2.45, 2.75) is 6.18 Å². The molecule has 9 nitrogen and oxygen atoms in total. The van der Waals surface area contributed by atoms with Gasteiger partial charge in [-0.25, -0.2) is 9.97 Å². The minimum Gasteiger partial charge on any atom is -0.497 e. The predicted molar refractivity (Wildman–Crippen MR) is 130 cm³/mol. The van der Waals surface area contributed by atoms with E-state index in [4.69, 9.17) is 18.9 Å². The van der Waals surface area contributed by atoms with Gasteiger partial charge in [-0.1, -0.05) is 0 Å². The van der Waals surface area contributed by atoms with Gasteiger partial charge in [0, 0.05) is 23.4 Å². The number of Topliss-reactive ketones (excluding diaryl/α,β-unsaturated/α-hetero) is 1. The molecular formula is C26H20F3N3O6. The van der Waals surface area contributed by atoms with Crippen molar-refractivity contribution in [1.82, 2.24) is 9.97 Å². The van der Waals surface area contributed by atoms with E-state index in [0.717, 1.165) is 6.07 Å². The Labute approximate surface area is 214 Å². The Balaban J connectivity index is 1.52. The molecule has 0 bridgehead atoms. The first-order valence-corrected chi connectivity index (χ1v) is 10.9. The van der Waals surface area contributed by atoms with Crippen molar-refractivity contribution < 1.29 is 41.7 Å². The first-order chi connectivity index (χ1) is 18.1. The number of carbonyl (C=O) groups is 2. The van der Waals surface area contributed by atoms with E-state index in [-0.39, 0.29) is 22.9 Å². The zero-order valence-electron chi connectivity index (χ0n) is 20.3. The summed E-state index contributed by atoms with van der Waals surface area (Å²) in [5.74, 6) is -0.762. The maximum Gasteiger partial charge on any atom is 0.416 e. The van der Waals surface area contributed by atoms with E-state index in [9.17, 15) is 22.8 Å². The van der Waals surface area contributed by atoms with E-state index >= 15 is 0 Å². The second kappa shape index (κ2) is 10.6. The number of hydrogen-bond acceptors (Lipinski definition) is 8. The lowest BCUT2D eigenvalue weighted by atomic mass is 10.1. The number of nitrogens with zero attached hydrogens (tertiary/aromatic N) is 2. The van der Waals surface area contributed by atoms with Crippen molar-refractivity contribution in [3.05, 3.63) is 72.1 Å². The number of methoxy groups -OCH3 is 3. The number of ketones is 1. The van der Waals surface area contributed by atoms with Crippen LogP contribution in [-0.4, -0.2) is 43.0 Å². The van der Waals surface area contributed by atoms with Crippen LogP contribution < -0.4 is 24.3 Å². The van der Waals surface area contributed by atoms with Gasteiger partial charge in [0.1, 0.15) is 17.8 Å². The summed E-state index contributed by atoms with van der Waals surface area (Å²) < 4.78 is 60.7. The fraction of sp³-hybridized carbons (Fsp3) is 0.154. The molecule has 0 saturated carbocycles. The number of ether oxygens (including phenoxy) is 4. The zero-order valence-corrected chi connectivity index (χ0v) is 20.3. The van der Waals surface area contributed by atoms with Gasteiger partial charge < -0.3 is 24.3 Å². The predicted octanol–water partition coefficient (Wildman–Crippen LogP) is 5.29. The van der Waals surface area contributed by atoms with Gasteiger partial charge in [0.15, 0.2) is 11.5 Å². The third-order valence-electron chi connectivity index (χ3n) is 5.37. The molecule has 1 aromatic heterocycles. The second-order valence-electron chi connectivity index (χ2n) is 7.76. The van der Waals surface area contributed by atoms with E-state index in [1.807, 2.05) is 0 Å². The summed E-state index contributed by atoms with van der Waals surface area (Å²) in [6.07, 6.45) is -3.35. The molecule has 0 aliphatic carbocycles. The zero-order chi connectivity index (χ0) is 27.4. The van der Waals surface area contributed by atoms with Crippen LogP contribution >= 0.6 is 0 Å². The average molecular weight is 527 g/mol. The van der Waals surface area contributed by atoms with Crippen molar-refractivity contribution in [3.8, 4) is 28.9 Å². The first kappa shape index (κ1) is 26.2. The Morgan fingerprint density at radius 2 is 1.50 bits per heavy atom. The van der Waals surface area contributed by atoms with Gasteiger partial charge in [-0.3, -0.25) is 9.59 Å². The molecular weight excluding hydrogens is 507 g/mol. The molecule has 3 aromatic carbocycles. The van der Waals surface area contributed by atoms with E-state index in [0.29, 0.717) is 34.2 Å². The molecule has 0 spiro atoms. The third kappa shape index (κ3) is 5.59. The average Bonchev–Trinajstić information content (AvgIpc) is 2.91. The van der Waals surface area contributed by atoms with Gasteiger partial charge in [0.2, 0.25) is 5.88 Å². The normalized spacial score (nSPS) is 11.1. The fourth-order valence-electron chi connectivity index (χ4n) is 3.50. The van der Waals surface area contributed by atoms with Crippen molar-refractivity contribution >= 4 is 28.3 Å². The van der Waals surface area contributed by atoms with Crippen LogP contribution in [0.2, 0.25) is 0 Å². The van der Waals surface area contributed by atoms with Gasteiger partial charge >= 0.3 is 6.18 Å². The number of anilines is 1. The standard InChI is InChI=1S/C26H20F3N3O6/c1-35-18-9-15(26(27,28)29)8-16(10-18)32-24(34)23(33)14-4-6-17(7-5-14)38-25-19-11-21(36-2)22(37-3)12-20(19)30-13-31-25/h4-13H,1-3H3,(H,32,34). The number of halogens is 3. The minimum atomic E-state index is -4.67. The Morgan fingerprint density at radius 3 is 2.13 bits per heavy atom. The van der Waals surface area contributed by atoms with Crippen LogP contribution in [0.15, 0.2) is 60.9 Å². The number of hydrogen-bond donors (Lipinski definition) is 1. The lowest BCUT2D eigenvalue weighted by molar-refractivity contribution is -0.137. The van der Waals surface area contributed by atoms with E-state index < -0.39 is 23.4 Å².